The highest BCUT2D eigenvalue weighted by molar-refractivity contribution is 7.26. The normalized spacial score (nSPS) is 11.8. The van der Waals surface area contributed by atoms with Gasteiger partial charge in [-0.15, -0.1) is 11.3 Å². The van der Waals surface area contributed by atoms with Gasteiger partial charge in [0, 0.05) is 31.5 Å². The van der Waals surface area contributed by atoms with E-state index in [0.29, 0.717) is 0 Å². The van der Waals surface area contributed by atoms with Crippen molar-refractivity contribution >= 4 is 102 Å². The van der Waals surface area contributed by atoms with Crippen molar-refractivity contribution in [2.45, 2.75) is 0 Å². The Morgan fingerprint density at radius 1 is 0.310 bits per heavy atom. The highest BCUT2D eigenvalue weighted by atomic mass is 32.1. The van der Waals surface area contributed by atoms with Gasteiger partial charge in [0.2, 0.25) is 0 Å². The van der Waals surface area contributed by atoms with Crippen LogP contribution in [0.2, 0.25) is 0 Å². The quantitative estimate of drug-likeness (QED) is 0.158. The highest BCUT2D eigenvalue weighted by Crippen LogP contribution is 2.49. The molecule has 0 aliphatic heterocycles. The standard InChI is InChI=1S/C56H35NS/c1-2-14-37-31-39(28-27-36(37)13-1)38-17-11-19-43(32-38)57(53-35-42-16-4-6-21-47(42)56-55(53)51-24-9-10-26-54(51)58-56)44-29-30-46-40(33-44)18-12-25-49(46)52-34-41-15-3-5-20-45(41)48-22-7-8-23-50(48)52/h1-35H. The summed E-state index contributed by atoms with van der Waals surface area (Å²) >= 11 is 1.89. The second kappa shape index (κ2) is 13.2. The maximum absolute atomic E-state index is 2.50. The fraction of sp³-hybridized carbons (Fsp3) is 0. The molecule has 1 nitrogen and oxygen atoms in total. The van der Waals surface area contributed by atoms with E-state index in [4.69, 9.17) is 0 Å². The molecule has 0 bridgehead atoms. The van der Waals surface area contributed by atoms with E-state index < -0.39 is 0 Å². The molecule has 0 saturated carbocycles. The second-order valence-electron chi connectivity index (χ2n) is 15.3. The van der Waals surface area contributed by atoms with Gasteiger partial charge < -0.3 is 4.90 Å². The number of hydrogen-bond acceptors (Lipinski definition) is 2. The molecule has 11 aromatic carbocycles. The molecular formula is C56H35NS. The molecule has 0 unspecified atom stereocenters. The van der Waals surface area contributed by atoms with Crippen molar-refractivity contribution in [3.63, 3.8) is 0 Å². The van der Waals surface area contributed by atoms with Crippen LogP contribution in [0.3, 0.4) is 0 Å². The molecule has 0 aliphatic rings. The Morgan fingerprint density at radius 2 is 0.931 bits per heavy atom. The van der Waals surface area contributed by atoms with Gasteiger partial charge in [-0.05, 0) is 125 Å². The third kappa shape index (κ3) is 5.23. The minimum Gasteiger partial charge on any atom is -0.310 e. The first-order valence-electron chi connectivity index (χ1n) is 19.9. The Morgan fingerprint density at radius 3 is 1.79 bits per heavy atom. The second-order valence-corrected chi connectivity index (χ2v) is 16.3. The average molecular weight is 754 g/mol. The molecule has 0 saturated heterocycles. The number of anilines is 3. The first-order valence-corrected chi connectivity index (χ1v) is 20.7. The number of fused-ring (bicyclic) bond motifs is 10. The van der Waals surface area contributed by atoms with E-state index in [1.54, 1.807) is 0 Å². The Bertz CT molecular complexity index is 3590. The summed E-state index contributed by atoms with van der Waals surface area (Å²) in [6.45, 7) is 0. The molecule has 1 heterocycles. The van der Waals surface area contributed by atoms with Gasteiger partial charge >= 0.3 is 0 Å². The van der Waals surface area contributed by atoms with Crippen LogP contribution in [-0.2, 0) is 0 Å². The Kier molecular flexibility index (Phi) is 7.47. The van der Waals surface area contributed by atoms with Crippen LogP contribution < -0.4 is 4.90 Å². The molecule has 0 amide bonds. The van der Waals surface area contributed by atoms with Gasteiger partial charge in [0.25, 0.3) is 0 Å². The summed E-state index contributed by atoms with van der Waals surface area (Å²) in [4.78, 5) is 2.50. The third-order valence-electron chi connectivity index (χ3n) is 12.0. The summed E-state index contributed by atoms with van der Waals surface area (Å²) in [6, 6.07) is 78.4. The third-order valence-corrected chi connectivity index (χ3v) is 13.2. The van der Waals surface area contributed by atoms with E-state index in [-0.39, 0.29) is 0 Å². The maximum atomic E-state index is 2.50. The molecule has 0 aliphatic carbocycles. The van der Waals surface area contributed by atoms with E-state index in [1.165, 1.54) is 102 Å². The number of benzene rings is 11. The molecule has 0 spiro atoms. The predicted molar refractivity (Wildman–Crippen MR) is 252 cm³/mol. The lowest BCUT2D eigenvalue weighted by Gasteiger charge is -2.28. The summed E-state index contributed by atoms with van der Waals surface area (Å²) in [5.41, 5.74) is 8.31. The first-order chi connectivity index (χ1) is 28.7. The van der Waals surface area contributed by atoms with E-state index in [9.17, 15) is 0 Å². The minimum atomic E-state index is 1.12. The summed E-state index contributed by atoms with van der Waals surface area (Å²) in [5, 5.41) is 15.1. The Balaban J connectivity index is 1.11. The molecular weight excluding hydrogens is 719 g/mol. The van der Waals surface area contributed by atoms with E-state index in [2.05, 4.69) is 217 Å². The minimum absolute atomic E-state index is 1.12. The SMILES string of the molecule is c1cc(-c2ccc3ccccc3c2)cc(N(c2ccc3c(-c4cc5ccccc5c5ccccc45)cccc3c2)c2cc3ccccc3c3sc4ccccc4c23)c1. The van der Waals surface area contributed by atoms with Gasteiger partial charge in [0.1, 0.15) is 0 Å². The van der Waals surface area contributed by atoms with E-state index in [1.807, 2.05) is 11.3 Å². The zero-order valence-corrected chi connectivity index (χ0v) is 32.4. The van der Waals surface area contributed by atoms with Crippen LogP contribution in [0.1, 0.15) is 0 Å². The van der Waals surface area contributed by atoms with Gasteiger partial charge in [0.05, 0.1) is 5.69 Å². The van der Waals surface area contributed by atoms with Gasteiger partial charge in [-0.25, -0.2) is 0 Å². The van der Waals surface area contributed by atoms with Crippen LogP contribution in [0.15, 0.2) is 212 Å². The lowest BCUT2D eigenvalue weighted by atomic mass is 9.90. The number of rotatable bonds is 5. The van der Waals surface area contributed by atoms with Crippen LogP contribution in [0.4, 0.5) is 17.1 Å². The van der Waals surface area contributed by atoms with Crippen LogP contribution in [0, 0.1) is 0 Å². The molecule has 270 valence electrons. The van der Waals surface area contributed by atoms with Crippen molar-refractivity contribution in [3.05, 3.63) is 212 Å². The summed E-state index contributed by atoms with van der Waals surface area (Å²) < 4.78 is 2.61. The predicted octanol–water partition coefficient (Wildman–Crippen LogP) is 16.6. The van der Waals surface area contributed by atoms with Gasteiger partial charge in [-0.1, -0.05) is 164 Å². The van der Waals surface area contributed by atoms with Gasteiger partial charge in [0.15, 0.2) is 0 Å². The summed E-state index contributed by atoms with van der Waals surface area (Å²) in [5.74, 6) is 0. The number of hydrogen-bond donors (Lipinski definition) is 0. The van der Waals surface area contributed by atoms with E-state index >= 15 is 0 Å². The smallest absolute Gasteiger partial charge is 0.0561 e. The van der Waals surface area contributed by atoms with Crippen molar-refractivity contribution in [1.82, 2.24) is 0 Å². The van der Waals surface area contributed by atoms with Crippen LogP contribution in [-0.4, -0.2) is 0 Å². The Hall–Kier alpha value is -7.26. The van der Waals surface area contributed by atoms with Crippen molar-refractivity contribution in [2.75, 3.05) is 4.90 Å². The zero-order chi connectivity index (χ0) is 38.2. The van der Waals surface area contributed by atoms with Gasteiger partial charge in [-0.2, -0.15) is 0 Å². The molecule has 0 atom stereocenters. The lowest BCUT2D eigenvalue weighted by Crippen LogP contribution is -2.10. The molecule has 12 rings (SSSR count). The number of nitrogens with zero attached hydrogens (tertiary/aromatic N) is 1. The topological polar surface area (TPSA) is 3.24 Å². The van der Waals surface area contributed by atoms with Crippen molar-refractivity contribution in [1.29, 1.82) is 0 Å². The Labute approximate surface area is 340 Å². The van der Waals surface area contributed by atoms with Crippen LogP contribution >= 0.6 is 11.3 Å². The molecule has 2 heteroatoms. The largest absolute Gasteiger partial charge is 0.310 e. The van der Waals surface area contributed by atoms with Crippen LogP contribution in [0.25, 0.3) is 96.3 Å². The maximum Gasteiger partial charge on any atom is 0.0561 e. The average Bonchev–Trinajstić information content (AvgIpc) is 3.69. The van der Waals surface area contributed by atoms with Crippen molar-refractivity contribution in [3.8, 4) is 22.3 Å². The number of thiophene rings is 1. The zero-order valence-electron chi connectivity index (χ0n) is 31.6. The van der Waals surface area contributed by atoms with Crippen molar-refractivity contribution in [2.24, 2.45) is 0 Å². The molecule has 0 radical (unpaired) electrons. The fourth-order valence-corrected chi connectivity index (χ4v) is 10.5. The lowest BCUT2D eigenvalue weighted by molar-refractivity contribution is 1.31. The summed E-state index contributed by atoms with van der Waals surface area (Å²) in [6.07, 6.45) is 0. The molecule has 0 N–H and O–H groups in total. The van der Waals surface area contributed by atoms with Crippen molar-refractivity contribution < 1.29 is 0 Å². The first kappa shape index (κ1) is 32.9. The monoisotopic (exact) mass is 753 g/mol. The summed E-state index contributed by atoms with van der Waals surface area (Å²) in [7, 11) is 0. The fourth-order valence-electron chi connectivity index (χ4n) is 9.26. The molecule has 1 aromatic heterocycles. The van der Waals surface area contributed by atoms with Crippen LogP contribution in [0.5, 0.6) is 0 Å². The molecule has 12 aromatic rings. The molecule has 58 heavy (non-hydrogen) atoms. The van der Waals surface area contributed by atoms with E-state index in [0.717, 1.165) is 11.4 Å². The molecule has 0 fully saturated rings. The highest BCUT2D eigenvalue weighted by Gasteiger charge is 2.22. The van der Waals surface area contributed by atoms with Gasteiger partial charge in [-0.3, -0.25) is 0 Å².